The van der Waals surface area contributed by atoms with Gasteiger partial charge in [-0.2, -0.15) is 0 Å². The fourth-order valence-corrected chi connectivity index (χ4v) is 3.77. The van der Waals surface area contributed by atoms with E-state index in [2.05, 4.69) is 0 Å². The molecule has 4 aromatic rings. The fraction of sp³-hybridized carbons (Fsp3) is 0.148. The minimum Gasteiger partial charge on any atom is -0.454 e. The Balaban J connectivity index is 1.65. The van der Waals surface area contributed by atoms with E-state index in [1.165, 1.54) is 18.2 Å². The SMILES string of the molecule is Cc1ccc(C)c(-c2cc(C(=O)OCC(=O)c3ccc(C)c([N+](=O)[O-])c3)c3ccccc3n2)c1. The van der Waals surface area contributed by atoms with Gasteiger partial charge in [-0.05, 0) is 44.5 Å². The molecule has 0 amide bonds. The summed E-state index contributed by atoms with van der Waals surface area (Å²) in [6.45, 7) is 5.02. The first-order valence-electron chi connectivity index (χ1n) is 10.7. The van der Waals surface area contributed by atoms with Crippen LogP contribution in [0.2, 0.25) is 0 Å². The zero-order valence-corrected chi connectivity index (χ0v) is 19.0. The summed E-state index contributed by atoms with van der Waals surface area (Å²) >= 11 is 0. The first-order chi connectivity index (χ1) is 16.2. The first-order valence-corrected chi connectivity index (χ1v) is 10.7. The van der Waals surface area contributed by atoms with Gasteiger partial charge in [0.2, 0.25) is 5.78 Å². The Bertz CT molecular complexity index is 1460. The molecule has 0 bridgehead atoms. The van der Waals surface area contributed by atoms with Crippen LogP contribution in [0.3, 0.4) is 0 Å². The van der Waals surface area contributed by atoms with Crippen LogP contribution in [0.4, 0.5) is 5.69 Å². The van der Waals surface area contributed by atoms with Crippen molar-refractivity contribution < 1.29 is 19.2 Å². The molecule has 0 spiro atoms. The molecule has 0 N–H and O–H groups in total. The molecule has 0 unspecified atom stereocenters. The average molecular weight is 454 g/mol. The van der Waals surface area contributed by atoms with E-state index in [0.29, 0.717) is 27.7 Å². The van der Waals surface area contributed by atoms with Gasteiger partial charge in [-0.3, -0.25) is 14.9 Å². The summed E-state index contributed by atoms with van der Waals surface area (Å²) in [5, 5.41) is 11.8. The van der Waals surface area contributed by atoms with Gasteiger partial charge in [-0.25, -0.2) is 9.78 Å². The number of hydrogen-bond acceptors (Lipinski definition) is 6. The highest BCUT2D eigenvalue weighted by atomic mass is 16.6. The lowest BCUT2D eigenvalue weighted by atomic mass is 9.99. The molecule has 0 saturated heterocycles. The lowest BCUT2D eigenvalue weighted by Gasteiger charge is -2.12. The summed E-state index contributed by atoms with van der Waals surface area (Å²) in [4.78, 5) is 41.0. The van der Waals surface area contributed by atoms with Gasteiger partial charge in [0.1, 0.15) is 0 Å². The third-order valence-electron chi connectivity index (χ3n) is 5.67. The number of ketones is 1. The van der Waals surface area contributed by atoms with Crippen molar-refractivity contribution in [3.05, 3.63) is 105 Å². The molecular formula is C27H22N2O5. The number of nitrogens with zero attached hydrogens (tertiary/aromatic N) is 2. The van der Waals surface area contributed by atoms with Crippen molar-refractivity contribution in [1.82, 2.24) is 4.98 Å². The van der Waals surface area contributed by atoms with Crippen LogP contribution >= 0.6 is 0 Å². The van der Waals surface area contributed by atoms with E-state index in [1.54, 1.807) is 25.1 Å². The molecule has 34 heavy (non-hydrogen) atoms. The Hall–Kier alpha value is -4.39. The summed E-state index contributed by atoms with van der Waals surface area (Å²) in [5.41, 5.74) is 4.95. The number of aromatic nitrogens is 1. The maximum absolute atomic E-state index is 13.0. The number of rotatable bonds is 6. The van der Waals surface area contributed by atoms with Crippen LogP contribution in [0, 0.1) is 30.9 Å². The number of esters is 1. The van der Waals surface area contributed by atoms with Gasteiger partial charge in [-0.15, -0.1) is 0 Å². The normalized spacial score (nSPS) is 10.8. The van der Waals surface area contributed by atoms with E-state index in [4.69, 9.17) is 9.72 Å². The maximum atomic E-state index is 13.0. The summed E-state index contributed by atoms with van der Waals surface area (Å²) in [6, 6.07) is 19.1. The van der Waals surface area contributed by atoms with Crippen molar-refractivity contribution in [2.75, 3.05) is 6.61 Å². The van der Waals surface area contributed by atoms with Crippen LogP contribution in [-0.2, 0) is 4.74 Å². The monoisotopic (exact) mass is 454 g/mol. The van der Waals surface area contributed by atoms with E-state index in [0.717, 1.165) is 16.7 Å². The van der Waals surface area contributed by atoms with Crippen molar-refractivity contribution in [2.45, 2.75) is 20.8 Å². The molecule has 0 aliphatic heterocycles. The Kier molecular flexibility index (Phi) is 6.19. The lowest BCUT2D eigenvalue weighted by molar-refractivity contribution is -0.385. The number of nitro benzene ring substituents is 1. The van der Waals surface area contributed by atoms with E-state index >= 15 is 0 Å². The zero-order valence-electron chi connectivity index (χ0n) is 19.0. The predicted octanol–water partition coefficient (Wildman–Crippen LogP) is 5.77. The number of fused-ring (bicyclic) bond motifs is 1. The van der Waals surface area contributed by atoms with Gasteiger partial charge in [-0.1, -0.05) is 48.0 Å². The summed E-state index contributed by atoms with van der Waals surface area (Å²) < 4.78 is 5.34. The van der Waals surface area contributed by atoms with Gasteiger partial charge in [0.15, 0.2) is 6.61 Å². The van der Waals surface area contributed by atoms with Crippen molar-refractivity contribution in [3.63, 3.8) is 0 Å². The van der Waals surface area contributed by atoms with Gasteiger partial charge in [0, 0.05) is 28.1 Å². The molecule has 7 nitrogen and oxygen atoms in total. The maximum Gasteiger partial charge on any atom is 0.339 e. The standard InChI is InChI=1S/C27H22N2O5/c1-16-8-9-17(2)21(12-16)24-14-22(20-6-4-5-7-23(20)28-24)27(31)34-15-26(30)19-11-10-18(3)25(13-19)29(32)33/h4-14H,15H2,1-3H3. The fourth-order valence-electron chi connectivity index (χ4n) is 3.77. The summed E-state index contributed by atoms with van der Waals surface area (Å²) in [5.74, 6) is -1.19. The molecule has 0 fully saturated rings. The molecule has 0 aliphatic rings. The molecule has 0 radical (unpaired) electrons. The van der Waals surface area contributed by atoms with Crippen LogP contribution < -0.4 is 0 Å². The van der Waals surface area contributed by atoms with Crippen LogP contribution in [0.25, 0.3) is 22.2 Å². The Morgan fingerprint density at radius 2 is 1.68 bits per heavy atom. The number of carbonyl (C=O) groups excluding carboxylic acids is 2. The zero-order chi connectivity index (χ0) is 24.4. The van der Waals surface area contributed by atoms with Gasteiger partial charge >= 0.3 is 5.97 Å². The van der Waals surface area contributed by atoms with Crippen LogP contribution in [0.5, 0.6) is 0 Å². The molecule has 3 aromatic carbocycles. The molecule has 7 heteroatoms. The first kappa shape index (κ1) is 22.8. The molecule has 0 atom stereocenters. The van der Waals surface area contributed by atoms with Crippen LogP contribution in [-0.4, -0.2) is 28.3 Å². The number of benzene rings is 3. The van der Waals surface area contributed by atoms with E-state index in [-0.39, 0.29) is 11.3 Å². The number of nitro groups is 1. The Morgan fingerprint density at radius 1 is 0.941 bits per heavy atom. The van der Waals surface area contributed by atoms with Crippen molar-refractivity contribution >= 4 is 28.3 Å². The van der Waals surface area contributed by atoms with Gasteiger partial charge in [0.25, 0.3) is 5.69 Å². The van der Waals surface area contributed by atoms with Crippen molar-refractivity contribution in [3.8, 4) is 11.3 Å². The topological polar surface area (TPSA) is 99.4 Å². The molecule has 0 saturated carbocycles. The molecule has 1 heterocycles. The second kappa shape index (κ2) is 9.23. The highest BCUT2D eigenvalue weighted by molar-refractivity contribution is 6.06. The smallest absolute Gasteiger partial charge is 0.339 e. The number of para-hydroxylation sites is 1. The number of pyridine rings is 1. The number of hydrogen-bond donors (Lipinski definition) is 0. The minimum atomic E-state index is -0.667. The number of carbonyl (C=O) groups is 2. The van der Waals surface area contributed by atoms with E-state index in [9.17, 15) is 19.7 Å². The van der Waals surface area contributed by atoms with Crippen LogP contribution in [0.15, 0.2) is 66.7 Å². The number of ether oxygens (including phenoxy) is 1. The minimum absolute atomic E-state index is 0.112. The number of Topliss-reactive ketones (excluding diaryl/α,β-unsaturated/α-hetero) is 1. The molecule has 4 rings (SSSR count). The van der Waals surface area contributed by atoms with Gasteiger partial charge < -0.3 is 4.74 Å². The molecule has 170 valence electrons. The van der Waals surface area contributed by atoms with E-state index in [1.807, 2.05) is 44.2 Å². The summed E-state index contributed by atoms with van der Waals surface area (Å²) in [6.07, 6.45) is 0. The lowest BCUT2D eigenvalue weighted by Crippen LogP contribution is -2.15. The molecule has 1 aromatic heterocycles. The highest BCUT2D eigenvalue weighted by Crippen LogP contribution is 2.28. The third kappa shape index (κ3) is 4.54. The van der Waals surface area contributed by atoms with Crippen molar-refractivity contribution in [1.29, 1.82) is 0 Å². The average Bonchev–Trinajstić information content (AvgIpc) is 2.83. The second-order valence-electron chi connectivity index (χ2n) is 8.15. The second-order valence-corrected chi connectivity index (χ2v) is 8.15. The predicted molar refractivity (Wildman–Crippen MR) is 129 cm³/mol. The van der Waals surface area contributed by atoms with Crippen LogP contribution in [0.1, 0.15) is 37.4 Å². The molecule has 0 aliphatic carbocycles. The third-order valence-corrected chi connectivity index (χ3v) is 5.67. The van der Waals surface area contributed by atoms with Crippen molar-refractivity contribution in [2.24, 2.45) is 0 Å². The highest BCUT2D eigenvalue weighted by Gasteiger charge is 2.19. The molecular weight excluding hydrogens is 432 g/mol. The largest absolute Gasteiger partial charge is 0.454 e. The Morgan fingerprint density at radius 3 is 2.44 bits per heavy atom. The number of aryl methyl sites for hydroxylation is 3. The Labute approximate surface area is 196 Å². The van der Waals surface area contributed by atoms with Gasteiger partial charge in [0.05, 0.1) is 21.7 Å². The van der Waals surface area contributed by atoms with E-state index < -0.39 is 23.3 Å². The summed E-state index contributed by atoms with van der Waals surface area (Å²) in [7, 11) is 0. The quantitative estimate of drug-likeness (QED) is 0.159.